The fourth-order valence-electron chi connectivity index (χ4n) is 3.72. The minimum Gasteiger partial charge on any atom is -0.265 e. The van der Waals surface area contributed by atoms with Crippen LogP contribution in [0.25, 0.3) is 16.2 Å². The molecule has 1 aliphatic heterocycles. The third-order valence-electron chi connectivity index (χ3n) is 5.89. The zero-order valence-corrected chi connectivity index (χ0v) is 20.6. The fourth-order valence-corrected chi connectivity index (χ4v) is 3.72. The van der Waals surface area contributed by atoms with E-state index in [1.165, 1.54) is 0 Å². The number of nitriles is 1. The summed E-state index contributed by atoms with van der Waals surface area (Å²) >= 11 is 0. The molecule has 0 N–H and O–H groups in total. The molecule has 0 radical (unpaired) electrons. The molecule has 8 bridgehead atoms. The molecule has 2 aromatic carbocycles. The van der Waals surface area contributed by atoms with Crippen molar-refractivity contribution in [2.75, 3.05) is 0 Å². The van der Waals surface area contributed by atoms with Crippen LogP contribution in [0.4, 0.5) is 5.69 Å². The maximum Gasteiger partial charge on any atom is 2.00 e. The van der Waals surface area contributed by atoms with Crippen LogP contribution in [0.1, 0.15) is 56.0 Å². The zero-order chi connectivity index (χ0) is 22.7. The largest absolute Gasteiger partial charge is 2.00 e. The van der Waals surface area contributed by atoms with Gasteiger partial charge in [-0.3, -0.25) is 4.85 Å². The monoisotopic (exact) mass is 613 g/mol. The molecule has 0 unspecified atom stereocenters. The molecule has 0 atom stereocenters. The Labute approximate surface area is 206 Å². The third-order valence-corrected chi connectivity index (χ3v) is 5.89. The number of nitrogens with zero attached hydrogens (tertiary/aromatic N) is 8. The summed E-state index contributed by atoms with van der Waals surface area (Å²) in [5.41, 5.74) is 2.47. The first-order valence-electron chi connectivity index (χ1n) is 10.0. The van der Waals surface area contributed by atoms with Crippen molar-refractivity contribution in [3.63, 3.8) is 0 Å². The normalized spacial score (nSPS) is 14.8. The first-order valence-corrected chi connectivity index (χ1v) is 10.0. The number of rotatable bonds is 0. The summed E-state index contributed by atoms with van der Waals surface area (Å²) in [7, 11) is 0. The Balaban J connectivity index is 0.00000259. The van der Waals surface area contributed by atoms with E-state index >= 15 is 0 Å². The van der Waals surface area contributed by atoms with Crippen LogP contribution in [0.2, 0.25) is 0 Å². The summed E-state index contributed by atoms with van der Waals surface area (Å²) in [6, 6.07) is 16.1. The molecule has 164 valence electrons. The summed E-state index contributed by atoms with van der Waals surface area (Å²) in [4.78, 5) is 12.7. The van der Waals surface area contributed by atoms with E-state index in [0.717, 1.165) is 11.1 Å². The van der Waals surface area contributed by atoms with E-state index in [-0.39, 0.29) is 21.1 Å². The summed E-state index contributed by atoms with van der Waals surface area (Å²) < 4.78 is 3.24. The second-order valence-corrected chi connectivity index (χ2v) is 8.80. The van der Waals surface area contributed by atoms with Crippen molar-refractivity contribution in [3.05, 3.63) is 88.8 Å². The van der Waals surface area contributed by atoms with Gasteiger partial charge in [0, 0.05) is 0 Å². The van der Waals surface area contributed by atoms with Gasteiger partial charge in [0.05, 0.1) is 23.7 Å². The first-order chi connectivity index (χ1) is 15.2. The smallest absolute Gasteiger partial charge is 0.265 e. The van der Waals surface area contributed by atoms with Gasteiger partial charge in [-0.25, -0.2) is 19.3 Å². The SMILES string of the molecule is [C-]#[N+]c1cc2[c-]c(c1)C(C)(C)c1[c-]c(cc(C#N)c1)-n1cnc(n1)C(C)(C)c1ncn-2n1.[Pt+2]. The van der Waals surface area contributed by atoms with E-state index in [9.17, 15) is 5.26 Å². The van der Waals surface area contributed by atoms with Gasteiger partial charge >= 0.3 is 21.1 Å². The topological polar surface area (TPSA) is 89.6 Å². The van der Waals surface area contributed by atoms with Crippen LogP contribution in [0.3, 0.4) is 0 Å². The van der Waals surface area contributed by atoms with Gasteiger partial charge in [0.15, 0.2) is 11.6 Å². The summed E-state index contributed by atoms with van der Waals surface area (Å²) in [5.74, 6) is 1.09. The van der Waals surface area contributed by atoms with Gasteiger partial charge in [0.25, 0.3) is 0 Å². The maximum absolute atomic E-state index is 9.66. The number of hydrogen-bond acceptors (Lipinski definition) is 5. The van der Waals surface area contributed by atoms with Crippen molar-refractivity contribution < 1.29 is 21.1 Å². The molecule has 0 fully saturated rings. The summed E-state index contributed by atoms with van der Waals surface area (Å²) in [5, 5.41) is 19.0. The molecule has 4 aromatic rings. The standard InChI is InChI=1S/C24H18N8.Pt/c1-23(2)16-6-15(12-25)7-19(9-16)31-13-27-21(29-31)24(3,4)22-28-14-32(30-22)20-10-17(23)8-18(11-20)26-5;/h6-8,11,13-14H,1-4H3;/q-2;+2. The van der Waals surface area contributed by atoms with Crippen LogP contribution >= 0.6 is 0 Å². The molecule has 1 aliphatic rings. The van der Waals surface area contributed by atoms with Crippen molar-refractivity contribution in [1.82, 2.24) is 29.5 Å². The van der Waals surface area contributed by atoms with Gasteiger partial charge < -0.3 is 0 Å². The van der Waals surface area contributed by atoms with Gasteiger partial charge in [-0.05, 0) is 24.9 Å². The van der Waals surface area contributed by atoms with Gasteiger partial charge in [-0.2, -0.15) is 44.8 Å². The van der Waals surface area contributed by atoms with Crippen LogP contribution in [0, 0.1) is 30.0 Å². The number of fused-ring (bicyclic) bond motifs is 10. The van der Waals surface area contributed by atoms with Crippen molar-refractivity contribution >= 4 is 5.69 Å². The second-order valence-electron chi connectivity index (χ2n) is 8.80. The van der Waals surface area contributed by atoms with Crippen molar-refractivity contribution in [2.45, 2.75) is 38.5 Å². The number of aromatic nitrogens is 6. The molecule has 2 aromatic heterocycles. The van der Waals surface area contributed by atoms with Crippen molar-refractivity contribution in [2.24, 2.45) is 0 Å². The summed E-state index contributed by atoms with van der Waals surface area (Å²) in [6.45, 7) is 15.5. The van der Waals surface area contributed by atoms with E-state index in [0.29, 0.717) is 34.3 Å². The predicted octanol–water partition coefficient (Wildman–Crippen LogP) is 3.83. The molecule has 0 saturated carbocycles. The second kappa shape index (κ2) is 7.76. The first kappa shape index (κ1) is 22.6. The fraction of sp³-hybridized carbons (Fsp3) is 0.250. The maximum atomic E-state index is 9.66. The quantitative estimate of drug-likeness (QED) is 0.282. The van der Waals surface area contributed by atoms with Crippen LogP contribution in [-0.2, 0) is 31.9 Å². The Morgan fingerprint density at radius 1 is 0.879 bits per heavy atom. The Morgan fingerprint density at radius 3 is 1.97 bits per heavy atom. The zero-order valence-electron chi connectivity index (χ0n) is 18.4. The van der Waals surface area contributed by atoms with Crippen LogP contribution in [-0.4, -0.2) is 29.5 Å². The van der Waals surface area contributed by atoms with E-state index in [2.05, 4.69) is 43.2 Å². The van der Waals surface area contributed by atoms with Crippen LogP contribution in [0.15, 0.2) is 36.9 Å². The van der Waals surface area contributed by atoms with Gasteiger partial charge in [-0.1, -0.05) is 25.1 Å². The Morgan fingerprint density at radius 2 is 1.42 bits per heavy atom. The number of benzene rings is 2. The molecular weight excluding hydrogens is 595 g/mol. The average Bonchev–Trinajstić information content (AvgIpc) is 3.48. The summed E-state index contributed by atoms with van der Waals surface area (Å²) in [6.07, 6.45) is 3.23. The van der Waals surface area contributed by atoms with Crippen molar-refractivity contribution in [3.8, 4) is 17.4 Å². The van der Waals surface area contributed by atoms with E-state index in [1.54, 1.807) is 34.2 Å². The minimum atomic E-state index is -0.671. The van der Waals surface area contributed by atoms with E-state index < -0.39 is 10.8 Å². The Bertz CT molecular complexity index is 1350. The molecule has 0 spiro atoms. The number of hydrogen-bond donors (Lipinski definition) is 0. The molecule has 0 saturated heterocycles. The molecule has 0 amide bonds. The molecule has 8 nitrogen and oxygen atoms in total. The average molecular weight is 614 g/mol. The molecule has 5 rings (SSSR count). The van der Waals surface area contributed by atoms with Gasteiger partial charge in [0.1, 0.15) is 12.7 Å². The van der Waals surface area contributed by atoms with Crippen LogP contribution < -0.4 is 0 Å². The van der Waals surface area contributed by atoms with E-state index in [1.807, 2.05) is 39.8 Å². The molecule has 3 heterocycles. The van der Waals surface area contributed by atoms with E-state index in [4.69, 9.17) is 6.57 Å². The molecule has 0 aliphatic carbocycles. The Kier molecular flexibility index (Phi) is 5.31. The van der Waals surface area contributed by atoms with Crippen molar-refractivity contribution in [1.29, 1.82) is 5.26 Å². The molecule has 33 heavy (non-hydrogen) atoms. The molecule has 9 heteroatoms. The predicted molar refractivity (Wildman–Crippen MR) is 116 cm³/mol. The minimum absolute atomic E-state index is 0. The van der Waals surface area contributed by atoms with Crippen LogP contribution in [0.5, 0.6) is 0 Å². The van der Waals surface area contributed by atoms with Gasteiger partial charge in [-0.15, -0.1) is 18.2 Å². The Hall–Kier alpha value is -3.61. The molecular formula is C24H18N8Pt. The van der Waals surface area contributed by atoms with Gasteiger partial charge in [0.2, 0.25) is 0 Å². The third kappa shape index (κ3) is 3.57.